The fourth-order valence-corrected chi connectivity index (χ4v) is 1.43. The smallest absolute Gasteiger partial charge is 0.258 e. The minimum Gasteiger partial charge on any atom is -0.484 e. The largest absolute Gasteiger partial charge is 0.484 e. The fraction of sp³-hybridized carbons (Fsp3) is 0.429. The van der Waals surface area contributed by atoms with Crippen molar-refractivity contribution in [3.05, 3.63) is 30.3 Å². The number of benzene rings is 1. The molecule has 1 rings (SSSR count). The molecule has 0 fully saturated rings. The van der Waals surface area contributed by atoms with E-state index in [1.165, 1.54) is 0 Å². The summed E-state index contributed by atoms with van der Waals surface area (Å²) in [7, 11) is 0. The van der Waals surface area contributed by atoms with Gasteiger partial charge in [-0.2, -0.15) is 0 Å². The van der Waals surface area contributed by atoms with Gasteiger partial charge in [0.05, 0.1) is 6.54 Å². The molecule has 20 heavy (non-hydrogen) atoms. The number of carbonyl (C=O) groups is 2. The second-order valence-corrected chi connectivity index (χ2v) is 4.08. The van der Waals surface area contributed by atoms with Crippen LogP contribution in [0.3, 0.4) is 0 Å². The van der Waals surface area contributed by atoms with Gasteiger partial charge < -0.3 is 20.7 Å². The van der Waals surface area contributed by atoms with Gasteiger partial charge in [-0.3, -0.25) is 9.59 Å². The second kappa shape index (κ2) is 9.80. The minimum absolute atomic E-state index is 0.0386. The van der Waals surface area contributed by atoms with Gasteiger partial charge in [0.2, 0.25) is 5.91 Å². The number of likely N-dealkylation sites (N-methyl/N-ethyl adjacent to an activating group) is 1. The molecule has 0 heterocycles. The summed E-state index contributed by atoms with van der Waals surface area (Å²) >= 11 is 0. The van der Waals surface area contributed by atoms with Crippen molar-refractivity contribution in [1.82, 2.24) is 16.0 Å². The number of carbonyl (C=O) groups excluding carboxylic acids is 2. The van der Waals surface area contributed by atoms with Crippen molar-refractivity contribution in [2.75, 3.05) is 32.8 Å². The van der Waals surface area contributed by atoms with Gasteiger partial charge in [-0.05, 0) is 18.7 Å². The van der Waals surface area contributed by atoms with Gasteiger partial charge in [0, 0.05) is 13.1 Å². The van der Waals surface area contributed by atoms with Crippen molar-refractivity contribution in [2.45, 2.75) is 6.92 Å². The molecule has 0 aliphatic rings. The van der Waals surface area contributed by atoms with E-state index in [-0.39, 0.29) is 25.0 Å². The van der Waals surface area contributed by atoms with E-state index in [2.05, 4.69) is 16.0 Å². The zero-order valence-corrected chi connectivity index (χ0v) is 11.6. The van der Waals surface area contributed by atoms with Gasteiger partial charge in [-0.1, -0.05) is 25.1 Å². The Morgan fingerprint density at radius 2 is 1.80 bits per heavy atom. The monoisotopic (exact) mass is 279 g/mol. The summed E-state index contributed by atoms with van der Waals surface area (Å²) in [6, 6.07) is 9.04. The lowest BCUT2D eigenvalue weighted by Crippen LogP contribution is -2.40. The highest BCUT2D eigenvalue weighted by Gasteiger charge is 2.05. The molecule has 3 N–H and O–H groups in total. The van der Waals surface area contributed by atoms with Crippen molar-refractivity contribution in [3.8, 4) is 5.75 Å². The number of nitrogens with one attached hydrogen (secondary N) is 3. The van der Waals surface area contributed by atoms with Gasteiger partial charge >= 0.3 is 0 Å². The Kier molecular flexibility index (Phi) is 7.83. The number of rotatable bonds is 9. The maximum atomic E-state index is 11.5. The Hall–Kier alpha value is -2.08. The number of hydrogen-bond acceptors (Lipinski definition) is 4. The first-order valence-corrected chi connectivity index (χ1v) is 6.64. The highest BCUT2D eigenvalue weighted by Crippen LogP contribution is 2.07. The van der Waals surface area contributed by atoms with Crippen molar-refractivity contribution in [3.63, 3.8) is 0 Å². The Labute approximate surface area is 118 Å². The molecule has 0 atom stereocenters. The summed E-state index contributed by atoms with van der Waals surface area (Å²) in [5.74, 6) is 0.0874. The van der Waals surface area contributed by atoms with Crippen LogP contribution in [0.15, 0.2) is 30.3 Å². The second-order valence-electron chi connectivity index (χ2n) is 4.08. The lowest BCUT2D eigenvalue weighted by molar-refractivity contribution is -0.127. The van der Waals surface area contributed by atoms with Crippen molar-refractivity contribution >= 4 is 11.8 Å². The van der Waals surface area contributed by atoms with Gasteiger partial charge in [-0.25, -0.2) is 0 Å². The Morgan fingerprint density at radius 1 is 1.05 bits per heavy atom. The lowest BCUT2D eigenvalue weighted by atomic mass is 10.3. The molecule has 1 aromatic rings. The molecule has 110 valence electrons. The molecule has 0 saturated heterocycles. The Balaban J connectivity index is 2.09. The van der Waals surface area contributed by atoms with Crippen LogP contribution >= 0.6 is 0 Å². The fourth-order valence-electron chi connectivity index (χ4n) is 1.43. The number of hydrogen-bond donors (Lipinski definition) is 3. The van der Waals surface area contributed by atoms with Gasteiger partial charge in [0.15, 0.2) is 6.61 Å². The van der Waals surface area contributed by atoms with Crippen LogP contribution in [-0.4, -0.2) is 44.6 Å². The van der Waals surface area contributed by atoms with Crippen molar-refractivity contribution in [1.29, 1.82) is 0 Å². The Morgan fingerprint density at radius 3 is 2.50 bits per heavy atom. The zero-order valence-electron chi connectivity index (χ0n) is 11.6. The van der Waals surface area contributed by atoms with Gasteiger partial charge in [0.25, 0.3) is 5.91 Å². The van der Waals surface area contributed by atoms with Crippen molar-refractivity contribution < 1.29 is 14.3 Å². The van der Waals surface area contributed by atoms with Crippen LogP contribution in [0, 0.1) is 0 Å². The molecular formula is C14H21N3O3. The number of amides is 2. The highest BCUT2D eigenvalue weighted by atomic mass is 16.5. The van der Waals surface area contributed by atoms with Crippen LogP contribution in [0.5, 0.6) is 5.75 Å². The van der Waals surface area contributed by atoms with Gasteiger partial charge in [0.1, 0.15) is 5.75 Å². The topological polar surface area (TPSA) is 79.5 Å². The van der Waals surface area contributed by atoms with Crippen LogP contribution in [0.1, 0.15) is 6.92 Å². The van der Waals surface area contributed by atoms with Crippen LogP contribution in [0.4, 0.5) is 0 Å². The first-order chi connectivity index (χ1) is 9.72. The lowest BCUT2D eigenvalue weighted by Gasteiger charge is -2.08. The summed E-state index contributed by atoms with van der Waals surface area (Å²) in [4.78, 5) is 22.9. The van der Waals surface area contributed by atoms with E-state index in [4.69, 9.17) is 4.74 Å². The molecule has 2 amide bonds. The summed E-state index contributed by atoms with van der Waals surface area (Å²) in [5, 5.41) is 8.27. The van der Waals surface area contributed by atoms with Crippen molar-refractivity contribution in [2.24, 2.45) is 0 Å². The van der Waals surface area contributed by atoms with E-state index in [1.54, 1.807) is 12.1 Å². The first-order valence-electron chi connectivity index (χ1n) is 6.64. The minimum atomic E-state index is -0.323. The van der Waals surface area contributed by atoms with Crippen LogP contribution < -0.4 is 20.7 Å². The molecule has 0 spiro atoms. The summed E-state index contributed by atoms with van der Waals surface area (Å²) < 4.78 is 5.26. The molecule has 0 saturated carbocycles. The Bertz CT molecular complexity index is 409. The first kappa shape index (κ1) is 16.0. The standard InChI is InChI=1S/C14H21N3O3/c1-2-15-8-9-16-13(18)10-17-14(19)11-20-12-6-4-3-5-7-12/h3-7,15H,2,8-11H2,1H3,(H,16,18)(H,17,19). The summed E-state index contributed by atoms with van der Waals surface area (Å²) in [6.45, 7) is 3.98. The van der Waals surface area contributed by atoms with Crippen LogP contribution in [0.25, 0.3) is 0 Å². The molecule has 6 heteroatoms. The van der Waals surface area contributed by atoms with E-state index in [1.807, 2.05) is 25.1 Å². The summed E-state index contributed by atoms with van der Waals surface area (Å²) in [5.41, 5.74) is 0. The quantitative estimate of drug-likeness (QED) is 0.552. The maximum Gasteiger partial charge on any atom is 0.258 e. The molecule has 1 aromatic carbocycles. The molecule has 0 aromatic heterocycles. The molecule has 0 bridgehead atoms. The third-order valence-electron chi connectivity index (χ3n) is 2.43. The zero-order chi connectivity index (χ0) is 14.6. The van der Waals surface area contributed by atoms with E-state index >= 15 is 0 Å². The van der Waals surface area contributed by atoms with Crippen LogP contribution in [-0.2, 0) is 9.59 Å². The number of ether oxygens (including phenoxy) is 1. The highest BCUT2D eigenvalue weighted by molar-refractivity contribution is 5.85. The molecule has 0 aliphatic carbocycles. The SMILES string of the molecule is CCNCCNC(=O)CNC(=O)COc1ccccc1. The maximum absolute atomic E-state index is 11.5. The molecule has 6 nitrogen and oxygen atoms in total. The average molecular weight is 279 g/mol. The predicted molar refractivity (Wildman–Crippen MR) is 76.5 cm³/mol. The number of para-hydroxylation sites is 1. The van der Waals surface area contributed by atoms with E-state index in [0.29, 0.717) is 18.8 Å². The predicted octanol–water partition coefficient (Wildman–Crippen LogP) is -0.0927. The normalized spacial score (nSPS) is 9.85. The van der Waals surface area contributed by atoms with E-state index in [9.17, 15) is 9.59 Å². The third kappa shape index (κ3) is 7.38. The molecular weight excluding hydrogens is 258 g/mol. The summed E-state index contributed by atoms with van der Waals surface area (Å²) in [6.07, 6.45) is 0. The van der Waals surface area contributed by atoms with E-state index in [0.717, 1.165) is 6.54 Å². The third-order valence-corrected chi connectivity index (χ3v) is 2.43. The van der Waals surface area contributed by atoms with Crippen LogP contribution in [0.2, 0.25) is 0 Å². The average Bonchev–Trinajstić information content (AvgIpc) is 2.48. The molecule has 0 aliphatic heterocycles. The van der Waals surface area contributed by atoms with E-state index < -0.39 is 0 Å². The molecule has 0 radical (unpaired) electrons. The van der Waals surface area contributed by atoms with Gasteiger partial charge in [-0.15, -0.1) is 0 Å². The molecule has 0 unspecified atom stereocenters.